The van der Waals surface area contributed by atoms with Gasteiger partial charge in [0.1, 0.15) is 17.2 Å². The molecule has 0 saturated carbocycles. The molecule has 3 aromatic carbocycles. The monoisotopic (exact) mass is 496 g/mol. The summed E-state index contributed by atoms with van der Waals surface area (Å²) in [5, 5.41) is 0. The summed E-state index contributed by atoms with van der Waals surface area (Å²) in [6.07, 6.45) is -2.60. The van der Waals surface area contributed by atoms with Crippen LogP contribution in [0.15, 0.2) is 92.0 Å². The smallest absolute Gasteiger partial charge is 0.417 e. The van der Waals surface area contributed by atoms with Gasteiger partial charge in [0.25, 0.3) is 0 Å². The molecule has 3 rings (SSSR count). The third kappa shape index (κ3) is 6.47. The molecule has 6 nitrogen and oxygen atoms in total. The maximum atomic E-state index is 13.7. The summed E-state index contributed by atoms with van der Waals surface area (Å²) in [6.45, 7) is 6.33. The first kappa shape index (κ1) is 26.0. The van der Waals surface area contributed by atoms with E-state index in [0.29, 0.717) is 17.4 Å². The normalized spacial score (nSPS) is 10.8. The minimum absolute atomic E-state index is 0.0386. The summed E-state index contributed by atoms with van der Waals surface area (Å²) in [6, 6.07) is 14.1. The molecule has 0 aliphatic heterocycles. The Hall–Kier alpha value is -4.66. The van der Waals surface area contributed by atoms with E-state index in [1.807, 2.05) is 0 Å². The summed E-state index contributed by atoms with van der Waals surface area (Å²) in [4.78, 5) is 35.6. The Morgan fingerprint density at radius 1 is 0.722 bits per heavy atom. The van der Waals surface area contributed by atoms with Crippen molar-refractivity contribution >= 4 is 17.5 Å². The standard InChI is InChI=1S/C27H19F3O6/c1-3-24(31)17-5-9-19(10-6-17)34-16-35-21-13-14-22(23(15-21)27(28,29)30)26(33)36-20-11-7-18(8-12-20)25(32)4-2/h3-15H,1-2,16H2. The van der Waals surface area contributed by atoms with Gasteiger partial charge in [0.15, 0.2) is 11.6 Å². The van der Waals surface area contributed by atoms with E-state index < -0.39 is 30.1 Å². The Balaban J connectivity index is 1.70. The molecular weight excluding hydrogens is 477 g/mol. The highest BCUT2D eigenvalue weighted by molar-refractivity contribution is 6.04. The largest absolute Gasteiger partial charge is 0.458 e. The number of hydrogen-bond donors (Lipinski definition) is 0. The number of ether oxygens (including phenoxy) is 3. The van der Waals surface area contributed by atoms with Crippen LogP contribution >= 0.6 is 0 Å². The summed E-state index contributed by atoms with van der Waals surface area (Å²) in [5.74, 6) is -1.76. The van der Waals surface area contributed by atoms with E-state index in [0.717, 1.165) is 12.1 Å². The minimum Gasteiger partial charge on any atom is -0.458 e. The lowest BCUT2D eigenvalue weighted by Gasteiger charge is -2.15. The number of halogens is 3. The Kier molecular flexibility index (Phi) is 8.06. The molecule has 0 unspecified atom stereocenters. The fourth-order valence-corrected chi connectivity index (χ4v) is 2.99. The second-order valence-corrected chi connectivity index (χ2v) is 7.19. The van der Waals surface area contributed by atoms with Crippen molar-refractivity contribution in [1.29, 1.82) is 0 Å². The average Bonchev–Trinajstić information content (AvgIpc) is 2.88. The quantitative estimate of drug-likeness (QED) is 0.111. The zero-order valence-corrected chi connectivity index (χ0v) is 18.7. The van der Waals surface area contributed by atoms with Crippen LogP contribution in [-0.4, -0.2) is 24.3 Å². The zero-order chi connectivity index (χ0) is 26.3. The third-order valence-corrected chi connectivity index (χ3v) is 4.83. The number of carbonyl (C=O) groups is 3. The van der Waals surface area contributed by atoms with Gasteiger partial charge in [-0.05, 0) is 78.9 Å². The van der Waals surface area contributed by atoms with Crippen LogP contribution < -0.4 is 14.2 Å². The van der Waals surface area contributed by atoms with Gasteiger partial charge in [-0.1, -0.05) is 13.2 Å². The van der Waals surface area contributed by atoms with Gasteiger partial charge in [-0.2, -0.15) is 13.2 Å². The van der Waals surface area contributed by atoms with Gasteiger partial charge in [0.2, 0.25) is 6.79 Å². The highest BCUT2D eigenvalue weighted by Gasteiger charge is 2.36. The van der Waals surface area contributed by atoms with Crippen molar-refractivity contribution in [2.45, 2.75) is 6.18 Å². The number of alkyl halides is 3. The maximum Gasteiger partial charge on any atom is 0.417 e. The lowest BCUT2D eigenvalue weighted by atomic mass is 10.1. The SMILES string of the molecule is C=CC(=O)c1ccc(OCOc2ccc(C(=O)Oc3ccc(C(=O)C=C)cc3)c(C(F)(F)F)c2)cc1. The molecule has 0 N–H and O–H groups in total. The molecule has 0 amide bonds. The number of ketones is 2. The summed E-state index contributed by atoms with van der Waals surface area (Å²) in [5.41, 5.74) is -1.29. The van der Waals surface area contributed by atoms with Crippen molar-refractivity contribution in [3.05, 3.63) is 114 Å². The number of esters is 1. The lowest BCUT2D eigenvalue weighted by molar-refractivity contribution is -0.138. The number of rotatable bonds is 10. The van der Waals surface area contributed by atoms with Crippen molar-refractivity contribution < 1.29 is 41.8 Å². The van der Waals surface area contributed by atoms with Crippen LogP contribution in [-0.2, 0) is 6.18 Å². The van der Waals surface area contributed by atoms with E-state index in [1.165, 1.54) is 60.7 Å². The van der Waals surface area contributed by atoms with E-state index in [9.17, 15) is 27.6 Å². The number of allylic oxidation sites excluding steroid dienone is 2. The summed E-state index contributed by atoms with van der Waals surface area (Å²) >= 11 is 0. The highest BCUT2D eigenvalue weighted by atomic mass is 19.4. The number of benzene rings is 3. The van der Waals surface area contributed by atoms with Gasteiger partial charge < -0.3 is 14.2 Å². The van der Waals surface area contributed by atoms with Crippen molar-refractivity contribution in [2.75, 3.05) is 6.79 Å². The molecule has 0 fully saturated rings. The molecule has 3 aromatic rings. The van der Waals surface area contributed by atoms with Crippen LogP contribution in [0.25, 0.3) is 0 Å². The summed E-state index contributed by atoms with van der Waals surface area (Å²) in [7, 11) is 0. The molecule has 9 heteroatoms. The van der Waals surface area contributed by atoms with Crippen molar-refractivity contribution in [3.8, 4) is 17.2 Å². The molecule has 0 spiro atoms. The Labute approximate surface area is 204 Å². The van der Waals surface area contributed by atoms with Crippen molar-refractivity contribution in [3.63, 3.8) is 0 Å². The minimum atomic E-state index is -4.87. The number of carbonyl (C=O) groups excluding carboxylic acids is 3. The molecule has 0 aromatic heterocycles. The number of hydrogen-bond acceptors (Lipinski definition) is 6. The Morgan fingerprint density at radius 3 is 1.69 bits per heavy atom. The first-order chi connectivity index (χ1) is 17.1. The van der Waals surface area contributed by atoms with Crippen LogP contribution in [0, 0.1) is 0 Å². The van der Waals surface area contributed by atoms with Crippen LogP contribution in [0.4, 0.5) is 13.2 Å². The molecule has 0 heterocycles. The molecule has 0 saturated heterocycles. The van der Waals surface area contributed by atoms with Gasteiger partial charge in [0.05, 0.1) is 11.1 Å². The van der Waals surface area contributed by atoms with E-state index in [-0.39, 0.29) is 28.6 Å². The lowest BCUT2D eigenvalue weighted by Crippen LogP contribution is -2.17. The molecular formula is C27H19F3O6. The topological polar surface area (TPSA) is 78.9 Å². The van der Waals surface area contributed by atoms with Crippen LogP contribution in [0.1, 0.15) is 36.6 Å². The third-order valence-electron chi connectivity index (χ3n) is 4.83. The highest BCUT2D eigenvalue weighted by Crippen LogP contribution is 2.35. The Bertz CT molecular complexity index is 1290. The van der Waals surface area contributed by atoms with E-state index in [2.05, 4.69) is 13.2 Å². The fraction of sp³-hybridized carbons (Fsp3) is 0.0741. The van der Waals surface area contributed by atoms with Crippen molar-refractivity contribution in [2.24, 2.45) is 0 Å². The first-order valence-electron chi connectivity index (χ1n) is 10.3. The van der Waals surface area contributed by atoms with E-state index in [4.69, 9.17) is 14.2 Å². The zero-order valence-electron chi connectivity index (χ0n) is 18.7. The van der Waals surface area contributed by atoms with Gasteiger partial charge in [0, 0.05) is 11.1 Å². The van der Waals surface area contributed by atoms with Crippen LogP contribution in [0.2, 0.25) is 0 Å². The van der Waals surface area contributed by atoms with Crippen LogP contribution in [0.3, 0.4) is 0 Å². The molecule has 0 radical (unpaired) electrons. The second-order valence-electron chi connectivity index (χ2n) is 7.19. The van der Waals surface area contributed by atoms with Gasteiger partial charge in [-0.15, -0.1) is 0 Å². The predicted molar refractivity (Wildman–Crippen MR) is 124 cm³/mol. The molecule has 184 valence electrons. The molecule has 36 heavy (non-hydrogen) atoms. The molecule has 0 bridgehead atoms. The first-order valence-corrected chi connectivity index (χ1v) is 10.3. The summed E-state index contributed by atoms with van der Waals surface area (Å²) < 4.78 is 56.6. The maximum absolute atomic E-state index is 13.7. The Morgan fingerprint density at radius 2 is 1.19 bits per heavy atom. The molecule has 0 atom stereocenters. The van der Waals surface area contributed by atoms with Crippen molar-refractivity contribution in [1.82, 2.24) is 0 Å². The van der Waals surface area contributed by atoms with Gasteiger partial charge in [-0.25, -0.2) is 4.79 Å². The average molecular weight is 496 g/mol. The van der Waals surface area contributed by atoms with E-state index in [1.54, 1.807) is 0 Å². The molecule has 0 aliphatic rings. The van der Waals surface area contributed by atoms with E-state index >= 15 is 0 Å². The van der Waals surface area contributed by atoms with Gasteiger partial charge >= 0.3 is 12.1 Å². The fourth-order valence-electron chi connectivity index (χ4n) is 2.99. The predicted octanol–water partition coefficient (Wildman–Crippen LogP) is 6.08. The molecule has 0 aliphatic carbocycles. The second kappa shape index (κ2) is 11.2. The van der Waals surface area contributed by atoms with Gasteiger partial charge in [-0.3, -0.25) is 9.59 Å². The van der Waals surface area contributed by atoms with Crippen LogP contribution in [0.5, 0.6) is 17.2 Å².